The molecule has 10 heteroatoms. The van der Waals surface area contributed by atoms with Crippen LogP contribution in [0.2, 0.25) is 0 Å². The van der Waals surface area contributed by atoms with Crippen molar-refractivity contribution in [2.24, 2.45) is 5.10 Å². The molecule has 0 radical (unpaired) electrons. The zero-order valence-corrected chi connectivity index (χ0v) is 15.4. The van der Waals surface area contributed by atoms with Crippen LogP contribution in [0.5, 0.6) is 0 Å². The molecule has 1 N–H and O–H groups in total. The molecule has 2 heterocycles. The molecule has 0 bridgehead atoms. The highest BCUT2D eigenvalue weighted by Crippen LogP contribution is 2.17. The molecule has 2 aromatic heterocycles. The molecule has 27 heavy (non-hydrogen) atoms. The van der Waals surface area contributed by atoms with E-state index in [0.29, 0.717) is 11.0 Å². The molecular weight excluding hydrogens is 416 g/mol. The first-order valence-electron chi connectivity index (χ1n) is 7.72. The van der Waals surface area contributed by atoms with Gasteiger partial charge in [0.05, 0.1) is 22.2 Å². The molecule has 0 fully saturated rings. The predicted octanol–water partition coefficient (Wildman–Crippen LogP) is 2.76. The van der Waals surface area contributed by atoms with Crippen LogP contribution in [-0.4, -0.2) is 31.8 Å². The molecule has 0 aliphatic carbocycles. The fraction of sp³-hybridized carbons (Fsp3) is 0.0588. The zero-order chi connectivity index (χ0) is 19.2. The van der Waals surface area contributed by atoms with E-state index in [9.17, 15) is 14.9 Å². The number of halogens is 1. The van der Waals surface area contributed by atoms with Gasteiger partial charge in [0.15, 0.2) is 5.69 Å². The number of rotatable bonds is 6. The highest BCUT2D eigenvalue weighted by Gasteiger charge is 2.15. The number of non-ortho nitro benzene ring substituents is 1. The van der Waals surface area contributed by atoms with Gasteiger partial charge in [0.25, 0.3) is 11.6 Å². The number of amides is 1. The Kier molecular flexibility index (Phi) is 5.67. The largest absolute Gasteiger partial charge is 0.293 e. The Hall–Kier alpha value is -3.40. The van der Waals surface area contributed by atoms with Crippen LogP contribution in [0.25, 0.3) is 0 Å². The van der Waals surface area contributed by atoms with E-state index in [0.717, 1.165) is 11.1 Å². The third kappa shape index (κ3) is 4.82. The van der Waals surface area contributed by atoms with E-state index in [4.69, 9.17) is 0 Å². The van der Waals surface area contributed by atoms with Gasteiger partial charge in [-0.3, -0.25) is 24.6 Å². The number of aromatic nitrogens is 3. The fourth-order valence-corrected chi connectivity index (χ4v) is 2.71. The molecule has 1 aromatic carbocycles. The third-order valence-corrected chi connectivity index (χ3v) is 4.07. The van der Waals surface area contributed by atoms with Gasteiger partial charge in [-0.25, -0.2) is 5.43 Å². The second kappa shape index (κ2) is 8.32. The SMILES string of the molecule is O=C(NN=Cc1cccnc1)c1nn(Cc2ccc([N+](=O)[O-])cc2)cc1Br. The highest BCUT2D eigenvalue weighted by atomic mass is 79.9. The monoisotopic (exact) mass is 428 g/mol. The van der Waals surface area contributed by atoms with Gasteiger partial charge in [0.1, 0.15) is 0 Å². The number of benzene rings is 1. The number of nitro benzene ring substituents is 1. The van der Waals surface area contributed by atoms with Crippen molar-refractivity contribution in [1.29, 1.82) is 0 Å². The van der Waals surface area contributed by atoms with Gasteiger partial charge < -0.3 is 0 Å². The lowest BCUT2D eigenvalue weighted by Gasteiger charge is -2.01. The van der Waals surface area contributed by atoms with Crippen molar-refractivity contribution in [3.63, 3.8) is 0 Å². The maximum absolute atomic E-state index is 12.2. The van der Waals surface area contributed by atoms with Crippen LogP contribution in [0.1, 0.15) is 21.6 Å². The van der Waals surface area contributed by atoms with Crippen LogP contribution < -0.4 is 5.43 Å². The number of nitrogens with one attached hydrogen (secondary N) is 1. The number of hydrazone groups is 1. The summed E-state index contributed by atoms with van der Waals surface area (Å²) in [7, 11) is 0. The normalized spacial score (nSPS) is 10.9. The van der Waals surface area contributed by atoms with Crippen LogP contribution >= 0.6 is 15.9 Å². The van der Waals surface area contributed by atoms with E-state index in [-0.39, 0.29) is 11.4 Å². The van der Waals surface area contributed by atoms with Crippen molar-refractivity contribution < 1.29 is 9.72 Å². The molecule has 0 saturated carbocycles. The van der Waals surface area contributed by atoms with Crippen molar-refractivity contribution in [3.8, 4) is 0 Å². The van der Waals surface area contributed by atoms with Crippen molar-refractivity contribution in [3.05, 3.63) is 86.4 Å². The number of nitrogens with zero attached hydrogens (tertiary/aromatic N) is 5. The summed E-state index contributed by atoms with van der Waals surface area (Å²) in [6.07, 6.45) is 6.39. The van der Waals surface area contributed by atoms with Crippen molar-refractivity contribution in [1.82, 2.24) is 20.2 Å². The average molecular weight is 429 g/mol. The first-order chi connectivity index (χ1) is 13.0. The summed E-state index contributed by atoms with van der Waals surface area (Å²) < 4.78 is 2.07. The summed E-state index contributed by atoms with van der Waals surface area (Å²) in [6.45, 7) is 0.364. The Morgan fingerprint density at radius 1 is 1.33 bits per heavy atom. The molecule has 0 aliphatic rings. The molecule has 0 unspecified atom stereocenters. The lowest BCUT2D eigenvalue weighted by Crippen LogP contribution is -2.19. The predicted molar refractivity (Wildman–Crippen MR) is 101 cm³/mol. The molecule has 0 saturated heterocycles. The minimum absolute atomic E-state index is 0.0203. The Morgan fingerprint density at radius 3 is 2.78 bits per heavy atom. The second-order valence-electron chi connectivity index (χ2n) is 5.43. The molecule has 0 spiro atoms. The van der Waals surface area contributed by atoms with E-state index < -0.39 is 10.8 Å². The van der Waals surface area contributed by atoms with Gasteiger partial charge in [0, 0.05) is 36.3 Å². The van der Waals surface area contributed by atoms with Crippen molar-refractivity contribution in [2.45, 2.75) is 6.54 Å². The zero-order valence-electron chi connectivity index (χ0n) is 13.8. The molecule has 9 nitrogen and oxygen atoms in total. The number of nitro groups is 1. The van der Waals surface area contributed by atoms with Crippen LogP contribution in [-0.2, 0) is 6.54 Å². The Labute approximate surface area is 162 Å². The lowest BCUT2D eigenvalue weighted by molar-refractivity contribution is -0.384. The van der Waals surface area contributed by atoms with E-state index in [1.807, 2.05) is 0 Å². The number of carbonyl (C=O) groups is 1. The maximum Gasteiger partial charge on any atom is 0.293 e. The van der Waals surface area contributed by atoms with Crippen molar-refractivity contribution in [2.75, 3.05) is 0 Å². The third-order valence-electron chi connectivity index (χ3n) is 3.49. The maximum atomic E-state index is 12.2. The lowest BCUT2D eigenvalue weighted by atomic mass is 10.2. The smallest absolute Gasteiger partial charge is 0.266 e. The molecule has 136 valence electrons. The van der Waals surface area contributed by atoms with Crippen LogP contribution in [0.4, 0.5) is 5.69 Å². The Bertz CT molecular complexity index is 986. The van der Waals surface area contributed by atoms with Gasteiger partial charge in [-0.15, -0.1) is 0 Å². The van der Waals surface area contributed by atoms with E-state index in [1.54, 1.807) is 47.5 Å². The summed E-state index contributed by atoms with van der Waals surface area (Å²) >= 11 is 3.30. The minimum atomic E-state index is -0.468. The Morgan fingerprint density at radius 2 is 2.11 bits per heavy atom. The summed E-state index contributed by atoms with van der Waals surface area (Å²) in [4.78, 5) is 26.4. The van der Waals surface area contributed by atoms with Crippen LogP contribution in [0.15, 0.2) is 64.6 Å². The fourth-order valence-electron chi connectivity index (χ4n) is 2.21. The van der Waals surface area contributed by atoms with Gasteiger partial charge in [-0.1, -0.05) is 18.2 Å². The first kappa shape index (κ1) is 18.4. The molecule has 3 rings (SSSR count). The second-order valence-corrected chi connectivity index (χ2v) is 6.29. The minimum Gasteiger partial charge on any atom is -0.266 e. The summed E-state index contributed by atoms with van der Waals surface area (Å²) in [6, 6.07) is 9.71. The Balaban J connectivity index is 1.65. The molecule has 0 atom stereocenters. The van der Waals surface area contributed by atoms with E-state index in [1.165, 1.54) is 18.3 Å². The van der Waals surface area contributed by atoms with Gasteiger partial charge >= 0.3 is 0 Å². The van der Waals surface area contributed by atoms with Gasteiger partial charge in [0.2, 0.25) is 0 Å². The van der Waals surface area contributed by atoms with Gasteiger partial charge in [-0.05, 0) is 27.6 Å². The van der Waals surface area contributed by atoms with Crippen LogP contribution in [0.3, 0.4) is 0 Å². The first-order valence-corrected chi connectivity index (χ1v) is 8.52. The van der Waals surface area contributed by atoms with E-state index >= 15 is 0 Å². The number of pyridine rings is 1. The average Bonchev–Trinajstić information content (AvgIpc) is 3.03. The highest BCUT2D eigenvalue weighted by molar-refractivity contribution is 9.10. The quantitative estimate of drug-likeness (QED) is 0.368. The number of carbonyl (C=O) groups excluding carboxylic acids is 1. The summed E-state index contributed by atoms with van der Waals surface area (Å²) in [5.41, 5.74) is 4.18. The summed E-state index contributed by atoms with van der Waals surface area (Å²) in [5, 5.41) is 18.8. The molecule has 0 aliphatic heterocycles. The van der Waals surface area contributed by atoms with E-state index in [2.05, 4.69) is 36.5 Å². The van der Waals surface area contributed by atoms with Gasteiger partial charge in [-0.2, -0.15) is 10.2 Å². The molecule has 3 aromatic rings. The van der Waals surface area contributed by atoms with Crippen LogP contribution in [0, 0.1) is 10.1 Å². The number of hydrogen-bond acceptors (Lipinski definition) is 6. The molecular formula is C17H13BrN6O3. The summed E-state index contributed by atoms with van der Waals surface area (Å²) in [5.74, 6) is -0.468. The standard InChI is InChI=1S/C17H13BrN6O3/c18-15-11-23(10-12-3-5-14(6-4-12)24(26)27)22-16(15)17(25)21-20-9-13-2-1-7-19-8-13/h1-9,11H,10H2,(H,21,25). The topological polar surface area (TPSA) is 115 Å². The van der Waals surface area contributed by atoms with Crippen molar-refractivity contribution >= 4 is 33.7 Å². The molecule has 1 amide bonds. The number of hydrogen-bond donors (Lipinski definition) is 1.